The molecule has 9 heteroatoms. The van der Waals surface area contributed by atoms with Gasteiger partial charge in [0, 0.05) is 17.9 Å². The number of nitrogens with one attached hydrogen (secondary N) is 1. The second-order valence-electron chi connectivity index (χ2n) is 7.11. The molecule has 0 fully saturated rings. The van der Waals surface area contributed by atoms with Crippen molar-refractivity contribution in [3.8, 4) is 22.4 Å². The lowest BCUT2D eigenvalue weighted by molar-refractivity contribution is -0.116. The summed E-state index contributed by atoms with van der Waals surface area (Å²) in [5.74, 6) is 2.46. The number of thiazole rings is 1. The molecule has 0 saturated heterocycles. The molecule has 1 unspecified atom stereocenters. The fraction of sp³-hybridized carbons (Fsp3) is 0.227. The fourth-order valence-corrected chi connectivity index (χ4v) is 4.80. The minimum atomic E-state index is -0.147. The molecule has 0 bridgehead atoms. The van der Waals surface area contributed by atoms with Crippen LogP contribution < -0.4 is 19.5 Å². The van der Waals surface area contributed by atoms with Gasteiger partial charge in [-0.15, -0.1) is 0 Å². The van der Waals surface area contributed by atoms with Gasteiger partial charge in [-0.3, -0.25) is 4.79 Å². The van der Waals surface area contributed by atoms with Crippen molar-refractivity contribution in [2.24, 2.45) is 0 Å². The van der Waals surface area contributed by atoms with Crippen LogP contribution in [0.3, 0.4) is 0 Å². The Morgan fingerprint density at radius 2 is 1.90 bits per heavy atom. The summed E-state index contributed by atoms with van der Waals surface area (Å²) in [5.41, 5.74) is 2.75. The van der Waals surface area contributed by atoms with Gasteiger partial charge in [-0.1, -0.05) is 17.4 Å². The van der Waals surface area contributed by atoms with Gasteiger partial charge >= 0.3 is 0 Å². The summed E-state index contributed by atoms with van der Waals surface area (Å²) in [5, 5.41) is 8.21. The van der Waals surface area contributed by atoms with Gasteiger partial charge in [0.1, 0.15) is 11.6 Å². The van der Waals surface area contributed by atoms with Gasteiger partial charge in [-0.25, -0.2) is 4.98 Å². The Bertz CT molecular complexity index is 1300. The monoisotopic (exact) mass is 436 g/mol. The van der Waals surface area contributed by atoms with Crippen molar-refractivity contribution in [1.82, 2.24) is 14.8 Å². The van der Waals surface area contributed by atoms with E-state index < -0.39 is 0 Å². The SMILES string of the molecule is COc1ccc2nc(-n3ncc4c3NC(=O)CC4c3ccc(OC)c(OC)c3)sc2c1. The van der Waals surface area contributed by atoms with Crippen LogP contribution in [-0.4, -0.2) is 42.0 Å². The molecule has 1 N–H and O–H groups in total. The molecule has 4 aromatic rings. The van der Waals surface area contributed by atoms with E-state index in [0.29, 0.717) is 28.9 Å². The van der Waals surface area contributed by atoms with Gasteiger partial charge in [0.15, 0.2) is 11.5 Å². The Morgan fingerprint density at radius 1 is 1.06 bits per heavy atom. The lowest BCUT2D eigenvalue weighted by Gasteiger charge is -2.24. The molecule has 0 spiro atoms. The molecule has 5 rings (SSSR count). The number of amides is 1. The van der Waals surface area contributed by atoms with Crippen LogP contribution in [0.15, 0.2) is 42.6 Å². The van der Waals surface area contributed by atoms with Gasteiger partial charge in [-0.2, -0.15) is 9.78 Å². The summed E-state index contributed by atoms with van der Waals surface area (Å²) in [6.45, 7) is 0. The number of anilines is 1. The highest BCUT2D eigenvalue weighted by atomic mass is 32.1. The zero-order valence-electron chi connectivity index (χ0n) is 17.2. The van der Waals surface area contributed by atoms with Crippen molar-refractivity contribution in [2.45, 2.75) is 12.3 Å². The topological polar surface area (TPSA) is 87.5 Å². The zero-order valence-corrected chi connectivity index (χ0v) is 18.0. The van der Waals surface area contributed by atoms with E-state index in [1.165, 1.54) is 11.3 Å². The van der Waals surface area contributed by atoms with Crippen LogP contribution in [0.5, 0.6) is 17.2 Å². The van der Waals surface area contributed by atoms with Crippen molar-refractivity contribution in [3.63, 3.8) is 0 Å². The molecule has 8 nitrogen and oxygen atoms in total. The minimum absolute atomic E-state index is 0.0724. The van der Waals surface area contributed by atoms with E-state index in [0.717, 1.165) is 27.1 Å². The maximum absolute atomic E-state index is 12.6. The van der Waals surface area contributed by atoms with Gasteiger partial charge in [0.25, 0.3) is 0 Å². The van der Waals surface area contributed by atoms with E-state index in [2.05, 4.69) is 15.4 Å². The number of nitrogens with zero attached hydrogens (tertiary/aromatic N) is 3. The standard InChI is InChI=1S/C22H20N4O4S/c1-28-13-5-6-16-19(9-13)31-22(24-16)26-21-15(11-23-26)14(10-20(27)25-21)12-4-7-17(29-2)18(8-12)30-3/h4-9,11,14H,10H2,1-3H3,(H,25,27). The Balaban J connectivity index is 1.58. The number of fused-ring (bicyclic) bond motifs is 2. The number of carbonyl (C=O) groups excluding carboxylic acids is 1. The lowest BCUT2D eigenvalue weighted by Crippen LogP contribution is -2.24. The smallest absolute Gasteiger partial charge is 0.226 e. The molecule has 3 heterocycles. The molecular formula is C22H20N4O4S. The van der Waals surface area contributed by atoms with E-state index in [-0.39, 0.29) is 11.8 Å². The van der Waals surface area contributed by atoms with Crippen molar-refractivity contribution >= 4 is 33.3 Å². The van der Waals surface area contributed by atoms with E-state index in [1.807, 2.05) is 36.4 Å². The molecule has 0 aliphatic carbocycles. The molecule has 2 aromatic heterocycles. The Hall–Kier alpha value is -3.59. The molecule has 1 aliphatic heterocycles. The minimum Gasteiger partial charge on any atom is -0.497 e. The number of hydrogen-bond acceptors (Lipinski definition) is 7. The number of hydrogen-bond donors (Lipinski definition) is 1. The van der Waals surface area contributed by atoms with Crippen LogP contribution in [0.1, 0.15) is 23.5 Å². The first-order chi connectivity index (χ1) is 15.1. The zero-order chi connectivity index (χ0) is 21.5. The summed E-state index contributed by atoms with van der Waals surface area (Å²) in [4.78, 5) is 17.3. The number of carbonyl (C=O) groups is 1. The van der Waals surface area contributed by atoms with Crippen LogP contribution in [0.4, 0.5) is 5.82 Å². The highest BCUT2D eigenvalue weighted by Gasteiger charge is 2.31. The predicted molar refractivity (Wildman–Crippen MR) is 118 cm³/mol. The molecule has 1 atom stereocenters. The van der Waals surface area contributed by atoms with Crippen LogP contribution in [0.2, 0.25) is 0 Å². The Labute approximate surface area is 182 Å². The fourth-order valence-electron chi connectivity index (χ4n) is 3.84. The third kappa shape index (κ3) is 3.27. The largest absolute Gasteiger partial charge is 0.497 e. The highest BCUT2D eigenvalue weighted by molar-refractivity contribution is 7.20. The Morgan fingerprint density at radius 3 is 2.68 bits per heavy atom. The third-order valence-electron chi connectivity index (χ3n) is 5.40. The van der Waals surface area contributed by atoms with Crippen molar-refractivity contribution in [2.75, 3.05) is 26.6 Å². The van der Waals surface area contributed by atoms with E-state index in [1.54, 1.807) is 32.2 Å². The Kier molecular flexibility index (Phi) is 4.74. The molecule has 0 saturated carbocycles. The number of benzene rings is 2. The maximum atomic E-state index is 12.6. The van der Waals surface area contributed by atoms with Crippen LogP contribution in [-0.2, 0) is 4.79 Å². The first-order valence-corrected chi connectivity index (χ1v) is 10.5. The van der Waals surface area contributed by atoms with Crippen molar-refractivity contribution < 1.29 is 19.0 Å². The molecule has 1 aliphatic rings. The quantitative estimate of drug-likeness (QED) is 0.509. The molecule has 158 valence electrons. The number of rotatable bonds is 5. The van der Waals surface area contributed by atoms with E-state index >= 15 is 0 Å². The summed E-state index contributed by atoms with van der Waals surface area (Å²) < 4.78 is 18.8. The second kappa shape index (κ2) is 7.59. The molecule has 31 heavy (non-hydrogen) atoms. The van der Waals surface area contributed by atoms with Gasteiger partial charge < -0.3 is 19.5 Å². The summed E-state index contributed by atoms with van der Waals surface area (Å²) in [6, 6.07) is 11.4. The molecule has 1 amide bonds. The summed E-state index contributed by atoms with van der Waals surface area (Å²) >= 11 is 1.49. The van der Waals surface area contributed by atoms with E-state index in [4.69, 9.17) is 14.2 Å². The van der Waals surface area contributed by atoms with Crippen LogP contribution in [0.25, 0.3) is 15.3 Å². The van der Waals surface area contributed by atoms with E-state index in [9.17, 15) is 4.79 Å². The van der Waals surface area contributed by atoms with Gasteiger partial charge in [0.05, 0.1) is 37.7 Å². The lowest BCUT2D eigenvalue weighted by atomic mass is 9.87. The number of aromatic nitrogens is 3. The predicted octanol–water partition coefficient (Wildman–Crippen LogP) is 3.98. The third-order valence-corrected chi connectivity index (χ3v) is 6.39. The second-order valence-corrected chi connectivity index (χ2v) is 8.12. The number of methoxy groups -OCH3 is 3. The molecular weight excluding hydrogens is 416 g/mol. The van der Waals surface area contributed by atoms with Crippen molar-refractivity contribution in [1.29, 1.82) is 0 Å². The first kappa shape index (κ1) is 19.4. The average Bonchev–Trinajstić information content (AvgIpc) is 3.41. The van der Waals surface area contributed by atoms with Crippen LogP contribution >= 0.6 is 11.3 Å². The average molecular weight is 436 g/mol. The number of ether oxygens (including phenoxy) is 3. The molecule has 2 aromatic carbocycles. The summed E-state index contributed by atoms with van der Waals surface area (Å²) in [6.07, 6.45) is 2.12. The van der Waals surface area contributed by atoms with Gasteiger partial charge in [0.2, 0.25) is 11.0 Å². The normalized spacial score (nSPS) is 15.5. The summed E-state index contributed by atoms with van der Waals surface area (Å²) in [7, 11) is 4.83. The van der Waals surface area contributed by atoms with Gasteiger partial charge in [-0.05, 0) is 35.9 Å². The maximum Gasteiger partial charge on any atom is 0.226 e. The highest BCUT2D eigenvalue weighted by Crippen LogP contribution is 2.41. The van der Waals surface area contributed by atoms with Crippen LogP contribution in [0, 0.1) is 0 Å². The first-order valence-electron chi connectivity index (χ1n) is 9.66. The molecule has 0 radical (unpaired) electrons. The van der Waals surface area contributed by atoms with Crippen molar-refractivity contribution in [3.05, 3.63) is 53.7 Å².